The first-order valence-electron chi connectivity index (χ1n) is 5.46. The van der Waals surface area contributed by atoms with E-state index >= 15 is 0 Å². The molecule has 5 heteroatoms. The first-order valence-corrected chi connectivity index (χ1v) is 5.46. The largest absolute Gasteiger partial charge is 0.423 e. The minimum Gasteiger partial charge on any atom is -0.423 e. The van der Waals surface area contributed by atoms with Gasteiger partial charge in [0.2, 0.25) is 0 Å². The van der Waals surface area contributed by atoms with Crippen molar-refractivity contribution in [3.63, 3.8) is 0 Å². The van der Waals surface area contributed by atoms with Crippen molar-refractivity contribution in [1.29, 1.82) is 0 Å². The van der Waals surface area contributed by atoms with Gasteiger partial charge >= 0.3 is 0 Å². The molecule has 2 heterocycles. The van der Waals surface area contributed by atoms with Gasteiger partial charge in [-0.3, -0.25) is 0 Å². The molecular formula is C12H12N4O. The fourth-order valence-electron chi connectivity index (χ4n) is 1.91. The summed E-state index contributed by atoms with van der Waals surface area (Å²) < 4.78 is 5.45. The van der Waals surface area contributed by atoms with Gasteiger partial charge in [0.15, 0.2) is 5.76 Å². The van der Waals surface area contributed by atoms with Crippen molar-refractivity contribution in [1.82, 2.24) is 15.0 Å². The van der Waals surface area contributed by atoms with Gasteiger partial charge in [-0.1, -0.05) is 6.92 Å². The third kappa shape index (κ3) is 1.56. The number of oxazole rings is 1. The highest BCUT2D eigenvalue weighted by molar-refractivity contribution is 5.80. The van der Waals surface area contributed by atoms with E-state index in [1.54, 1.807) is 6.33 Å². The summed E-state index contributed by atoms with van der Waals surface area (Å²) in [5, 5.41) is 0. The van der Waals surface area contributed by atoms with E-state index < -0.39 is 0 Å². The number of anilines is 1. The molecule has 0 aliphatic carbocycles. The first kappa shape index (κ1) is 9.89. The van der Waals surface area contributed by atoms with E-state index in [9.17, 15) is 0 Å². The zero-order valence-corrected chi connectivity index (χ0v) is 9.40. The maximum Gasteiger partial charge on any atom is 0.292 e. The monoisotopic (exact) mass is 228 g/mol. The van der Waals surface area contributed by atoms with Gasteiger partial charge < -0.3 is 15.1 Å². The van der Waals surface area contributed by atoms with Crippen LogP contribution >= 0.6 is 0 Å². The van der Waals surface area contributed by atoms with Gasteiger partial charge in [-0.25, -0.2) is 4.98 Å². The van der Waals surface area contributed by atoms with Crippen LogP contribution in [0.3, 0.4) is 0 Å². The first-order chi connectivity index (χ1) is 8.28. The SMILES string of the molecule is CCc1nc(N)oc1-c1ccc2nc[nH]c2c1. The van der Waals surface area contributed by atoms with Crippen molar-refractivity contribution in [3.8, 4) is 11.3 Å². The van der Waals surface area contributed by atoms with Gasteiger partial charge in [-0.2, -0.15) is 4.98 Å². The lowest BCUT2D eigenvalue weighted by atomic mass is 10.1. The molecule has 0 bridgehead atoms. The topological polar surface area (TPSA) is 80.7 Å². The van der Waals surface area contributed by atoms with Gasteiger partial charge in [0.1, 0.15) is 0 Å². The van der Waals surface area contributed by atoms with Gasteiger partial charge in [0.25, 0.3) is 6.01 Å². The number of benzene rings is 1. The lowest BCUT2D eigenvalue weighted by molar-refractivity contribution is 0.593. The highest BCUT2D eigenvalue weighted by Gasteiger charge is 2.12. The van der Waals surface area contributed by atoms with Crippen molar-refractivity contribution in [2.45, 2.75) is 13.3 Å². The minimum absolute atomic E-state index is 0.210. The molecule has 0 aliphatic heterocycles. The number of nitrogens with zero attached hydrogens (tertiary/aromatic N) is 2. The molecular weight excluding hydrogens is 216 g/mol. The molecule has 3 aromatic rings. The molecule has 17 heavy (non-hydrogen) atoms. The molecule has 0 atom stereocenters. The normalized spacial score (nSPS) is 11.1. The van der Waals surface area contributed by atoms with Crippen LogP contribution in [0.2, 0.25) is 0 Å². The Bertz CT molecular complexity index is 668. The van der Waals surface area contributed by atoms with Crippen LogP contribution in [0.5, 0.6) is 0 Å². The van der Waals surface area contributed by atoms with Crippen LogP contribution in [0.4, 0.5) is 6.01 Å². The molecule has 0 saturated heterocycles. The highest BCUT2D eigenvalue weighted by Crippen LogP contribution is 2.28. The number of H-pyrrole nitrogens is 1. The molecule has 1 aromatic carbocycles. The van der Waals surface area contributed by atoms with Gasteiger partial charge in [0, 0.05) is 5.56 Å². The number of nitrogens with two attached hydrogens (primary N) is 1. The number of nitrogens with one attached hydrogen (secondary N) is 1. The van der Waals surface area contributed by atoms with E-state index in [4.69, 9.17) is 10.2 Å². The molecule has 0 saturated carbocycles. The second-order valence-corrected chi connectivity index (χ2v) is 3.82. The molecule has 2 aromatic heterocycles. The summed E-state index contributed by atoms with van der Waals surface area (Å²) in [5.41, 5.74) is 9.33. The van der Waals surface area contributed by atoms with Crippen LogP contribution in [0, 0.1) is 0 Å². The van der Waals surface area contributed by atoms with Crippen LogP contribution in [0.1, 0.15) is 12.6 Å². The van der Waals surface area contributed by atoms with Crippen LogP contribution in [0.25, 0.3) is 22.4 Å². The molecule has 0 spiro atoms. The fraction of sp³-hybridized carbons (Fsp3) is 0.167. The number of aromatic nitrogens is 3. The number of fused-ring (bicyclic) bond motifs is 1. The zero-order valence-electron chi connectivity index (χ0n) is 9.40. The smallest absolute Gasteiger partial charge is 0.292 e. The Kier molecular flexibility index (Phi) is 2.11. The zero-order chi connectivity index (χ0) is 11.8. The highest BCUT2D eigenvalue weighted by atomic mass is 16.4. The van der Waals surface area contributed by atoms with Crippen LogP contribution in [-0.2, 0) is 6.42 Å². The Hall–Kier alpha value is -2.30. The van der Waals surface area contributed by atoms with Crippen molar-refractivity contribution < 1.29 is 4.42 Å². The summed E-state index contributed by atoms with van der Waals surface area (Å²) >= 11 is 0. The maximum atomic E-state index is 5.59. The number of imidazole rings is 1. The average molecular weight is 228 g/mol. The summed E-state index contributed by atoms with van der Waals surface area (Å²) in [6, 6.07) is 6.10. The summed E-state index contributed by atoms with van der Waals surface area (Å²) in [6.07, 6.45) is 2.46. The molecule has 0 fully saturated rings. The van der Waals surface area contributed by atoms with Crippen molar-refractivity contribution in [3.05, 3.63) is 30.2 Å². The maximum absolute atomic E-state index is 5.59. The summed E-state index contributed by atoms with van der Waals surface area (Å²) in [7, 11) is 0. The number of aromatic amines is 1. The van der Waals surface area contributed by atoms with E-state index in [0.717, 1.165) is 34.5 Å². The van der Waals surface area contributed by atoms with Gasteiger partial charge in [-0.15, -0.1) is 0 Å². The predicted molar refractivity (Wildman–Crippen MR) is 65.4 cm³/mol. The van der Waals surface area contributed by atoms with Crippen molar-refractivity contribution >= 4 is 17.0 Å². The Morgan fingerprint density at radius 3 is 3.12 bits per heavy atom. The van der Waals surface area contributed by atoms with E-state index in [1.165, 1.54) is 0 Å². The summed E-state index contributed by atoms with van der Waals surface area (Å²) in [6.45, 7) is 2.02. The van der Waals surface area contributed by atoms with Crippen LogP contribution in [-0.4, -0.2) is 15.0 Å². The summed E-state index contributed by atoms with van der Waals surface area (Å²) in [4.78, 5) is 11.4. The van der Waals surface area contributed by atoms with Gasteiger partial charge in [0.05, 0.1) is 23.1 Å². The summed E-state index contributed by atoms with van der Waals surface area (Å²) in [5.74, 6) is 0.738. The van der Waals surface area contributed by atoms with Crippen LogP contribution < -0.4 is 5.73 Å². The molecule has 86 valence electrons. The minimum atomic E-state index is 0.210. The van der Waals surface area contributed by atoms with E-state index in [2.05, 4.69) is 15.0 Å². The molecule has 0 aliphatic rings. The molecule has 0 radical (unpaired) electrons. The number of aryl methyl sites for hydroxylation is 1. The third-order valence-corrected chi connectivity index (χ3v) is 2.73. The van der Waals surface area contributed by atoms with Gasteiger partial charge in [-0.05, 0) is 24.6 Å². The standard InChI is InChI=1S/C12H12N4O/c1-2-8-11(17-12(13)16-8)7-3-4-9-10(5-7)15-6-14-9/h3-6H,2H2,1H3,(H2,13,16)(H,14,15). The lowest BCUT2D eigenvalue weighted by Gasteiger charge is -1.98. The molecule has 3 N–H and O–H groups in total. The van der Waals surface area contributed by atoms with Crippen LogP contribution in [0.15, 0.2) is 28.9 Å². The number of hydrogen-bond acceptors (Lipinski definition) is 4. The number of hydrogen-bond donors (Lipinski definition) is 2. The van der Waals surface area contributed by atoms with E-state index in [1.807, 2.05) is 25.1 Å². The molecule has 0 amide bonds. The second-order valence-electron chi connectivity index (χ2n) is 3.82. The quantitative estimate of drug-likeness (QED) is 0.705. The molecule has 3 rings (SSSR count). The number of nitrogen functional groups attached to an aromatic ring is 1. The number of rotatable bonds is 2. The van der Waals surface area contributed by atoms with E-state index in [0.29, 0.717) is 0 Å². The molecule has 0 unspecified atom stereocenters. The average Bonchev–Trinajstić information content (AvgIpc) is 2.93. The van der Waals surface area contributed by atoms with Crippen molar-refractivity contribution in [2.75, 3.05) is 5.73 Å². The predicted octanol–water partition coefficient (Wildman–Crippen LogP) is 2.36. The fourth-order valence-corrected chi connectivity index (χ4v) is 1.91. The van der Waals surface area contributed by atoms with E-state index in [-0.39, 0.29) is 6.01 Å². The third-order valence-electron chi connectivity index (χ3n) is 2.73. The Morgan fingerprint density at radius 1 is 1.41 bits per heavy atom. The Morgan fingerprint density at radius 2 is 2.29 bits per heavy atom. The Labute approximate surface area is 97.7 Å². The molecule has 5 nitrogen and oxygen atoms in total. The lowest BCUT2D eigenvalue weighted by Crippen LogP contribution is -1.86. The second kappa shape index (κ2) is 3.62. The van der Waals surface area contributed by atoms with Crippen molar-refractivity contribution in [2.24, 2.45) is 0 Å². The Balaban J connectivity index is 2.18.